The van der Waals surface area contributed by atoms with E-state index in [0.29, 0.717) is 16.5 Å². The van der Waals surface area contributed by atoms with E-state index in [1.165, 1.54) is 0 Å². The molecule has 3 N–H and O–H groups in total. The van der Waals surface area contributed by atoms with Gasteiger partial charge in [0, 0.05) is 42.5 Å². The highest BCUT2D eigenvalue weighted by Gasteiger charge is 2.27. The minimum Gasteiger partial charge on any atom is -0.494 e. The van der Waals surface area contributed by atoms with E-state index in [-0.39, 0.29) is 17.7 Å². The zero-order valence-corrected chi connectivity index (χ0v) is 14.7. The van der Waals surface area contributed by atoms with Crippen LogP contribution in [0.4, 0.5) is 5.82 Å². The Balaban J connectivity index is 1.70. The molecule has 0 bridgehead atoms. The number of fused-ring (bicyclic) bond motifs is 1. The second kappa shape index (κ2) is 6.89. The van der Waals surface area contributed by atoms with Crippen LogP contribution < -0.4 is 10.2 Å². The number of carbonyl (C=O) groups excluding carboxylic acids is 1. The molecule has 6 nitrogen and oxygen atoms in total. The highest BCUT2D eigenvalue weighted by molar-refractivity contribution is 6.30. The highest BCUT2D eigenvalue weighted by Crippen LogP contribution is 2.34. The number of carbonyl (C=O) groups is 1. The van der Waals surface area contributed by atoms with Crippen molar-refractivity contribution in [1.29, 1.82) is 0 Å². The summed E-state index contributed by atoms with van der Waals surface area (Å²) in [5.41, 5.74) is 0. The molecule has 0 radical (unpaired) electrons. The van der Waals surface area contributed by atoms with Crippen molar-refractivity contribution in [3.05, 3.63) is 17.4 Å². The number of aromatic hydroxyl groups is 1. The molecular weight excluding hydrogens is 328 g/mol. The largest absolute Gasteiger partial charge is 0.494 e. The Kier molecular flexibility index (Phi) is 4.85. The zero-order valence-electron chi connectivity index (χ0n) is 14.0. The summed E-state index contributed by atoms with van der Waals surface area (Å²) in [5.74, 6) is 1.51. The average Bonchev–Trinajstić information content (AvgIpc) is 2.93. The van der Waals surface area contributed by atoms with Gasteiger partial charge in [0.15, 0.2) is 5.88 Å². The van der Waals surface area contributed by atoms with Gasteiger partial charge in [0.25, 0.3) is 0 Å². The molecule has 0 aromatic carbocycles. The molecule has 2 aromatic heterocycles. The normalized spacial score (nSPS) is 16.1. The maximum absolute atomic E-state index is 12.2. The van der Waals surface area contributed by atoms with Crippen LogP contribution in [-0.2, 0) is 4.79 Å². The molecule has 0 saturated carbocycles. The van der Waals surface area contributed by atoms with Crippen molar-refractivity contribution < 1.29 is 9.90 Å². The SMILES string of the molecule is CC(C)CNC(=O)C1CCN(c2nc(Cl)cc3c(O)[nH]cc23)CC1. The number of H-pyrrole nitrogens is 1. The first-order valence-corrected chi connectivity index (χ1v) is 8.72. The molecule has 1 saturated heterocycles. The van der Waals surface area contributed by atoms with Crippen LogP contribution in [0.5, 0.6) is 5.88 Å². The molecule has 1 aliphatic rings. The molecule has 0 spiro atoms. The maximum Gasteiger partial charge on any atom is 0.223 e. The Morgan fingerprint density at radius 2 is 2.17 bits per heavy atom. The van der Waals surface area contributed by atoms with Crippen molar-refractivity contribution >= 4 is 34.1 Å². The number of hydrogen-bond donors (Lipinski definition) is 3. The zero-order chi connectivity index (χ0) is 17.3. The number of aromatic amines is 1. The van der Waals surface area contributed by atoms with Gasteiger partial charge in [0.1, 0.15) is 11.0 Å². The van der Waals surface area contributed by atoms with Crippen LogP contribution in [0.3, 0.4) is 0 Å². The summed E-state index contributed by atoms with van der Waals surface area (Å²) in [6, 6.07) is 1.65. The van der Waals surface area contributed by atoms with Crippen LogP contribution in [0, 0.1) is 11.8 Å². The van der Waals surface area contributed by atoms with Crippen molar-refractivity contribution in [2.45, 2.75) is 26.7 Å². The Labute approximate surface area is 146 Å². The smallest absolute Gasteiger partial charge is 0.223 e. The number of nitrogens with zero attached hydrogens (tertiary/aromatic N) is 2. The van der Waals surface area contributed by atoms with E-state index in [2.05, 4.69) is 34.0 Å². The van der Waals surface area contributed by atoms with Crippen molar-refractivity contribution in [2.24, 2.45) is 11.8 Å². The molecule has 0 unspecified atom stereocenters. The van der Waals surface area contributed by atoms with Gasteiger partial charge in [-0.25, -0.2) is 4.98 Å². The van der Waals surface area contributed by atoms with Gasteiger partial charge in [-0.2, -0.15) is 0 Å². The summed E-state index contributed by atoms with van der Waals surface area (Å²) >= 11 is 6.10. The fourth-order valence-corrected chi connectivity index (χ4v) is 3.30. The van der Waals surface area contributed by atoms with Gasteiger partial charge >= 0.3 is 0 Å². The molecular formula is C17H23ClN4O2. The Morgan fingerprint density at radius 1 is 1.46 bits per heavy atom. The molecule has 1 amide bonds. The van der Waals surface area contributed by atoms with Gasteiger partial charge in [0.2, 0.25) is 5.91 Å². The van der Waals surface area contributed by atoms with E-state index in [0.717, 1.165) is 43.7 Å². The standard InChI is InChI=1S/C17H23ClN4O2/c1-10(2)8-19-16(23)11-3-5-22(6-4-11)15-13-9-20-17(24)12(13)7-14(18)21-15/h7,9-11,20,24H,3-6,8H2,1-2H3,(H,19,23). The number of halogens is 1. The predicted octanol–water partition coefficient (Wildman–Crippen LogP) is 2.91. The molecule has 1 fully saturated rings. The minimum atomic E-state index is 0.0503. The summed E-state index contributed by atoms with van der Waals surface area (Å²) in [7, 11) is 0. The van der Waals surface area contributed by atoms with E-state index in [9.17, 15) is 9.90 Å². The van der Waals surface area contributed by atoms with Crippen LogP contribution in [-0.4, -0.2) is 40.6 Å². The van der Waals surface area contributed by atoms with Gasteiger partial charge < -0.3 is 20.3 Å². The number of hydrogen-bond acceptors (Lipinski definition) is 4. The van der Waals surface area contributed by atoms with Crippen molar-refractivity contribution in [2.75, 3.05) is 24.5 Å². The first-order valence-electron chi connectivity index (χ1n) is 8.35. The van der Waals surface area contributed by atoms with E-state index >= 15 is 0 Å². The van der Waals surface area contributed by atoms with E-state index < -0.39 is 0 Å². The number of rotatable bonds is 4. The third kappa shape index (κ3) is 3.43. The van der Waals surface area contributed by atoms with E-state index in [1.54, 1.807) is 12.3 Å². The van der Waals surface area contributed by atoms with Crippen LogP contribution in [0.2, 0.25) is 5.15 Å². The molecule has 24 heavy (non-hydrogen) atoms. The summed E-state index contributed by atoms with van der Waals surface area (Å²) in [4.78, 5) is 21.6. The van der Waals surface area contributed by atoms with E-state index in [4.69, 9.17) is 11.6 Å². The Bertz CT molecular complexity index is 736. The van der Waals surface area contributed by atoms with Crippen LogP contribution in [0.15, 0.2) is 12.3 Å². The lowest BCUT2D eigenvalue weighted by Crippen LogP contribution is -2.41. The van der Waals surface area contributed by atoms with Crippen LogP contribution in [0.25, 0.3) is 10.8 Å². The van der Waals surface area contributed by atoms with Crippen molar-refractivity contribution in [1.82, 2.24) is 15.3 Å². The first kappa shape index (κ1) is 16.9. The molecule has 1 aliphatic heterocycles. The summed E-state index contributed by atoms with van der Waals surface area (Å²) in [6.45, 7) is 6.39. The summed E-state index contributed by atoms with van der Waals surface area (Å²) in [6.07, 6.45) is 3.32. The molecule has 3 rings (SSSR count). The lowest BCUT2D eigenvalue weighted by atomic mass is 9.95. The summed E-state index contributed by atoms with van der Waals surface area (Å²) in [5, 5.41) is 14.7. The second-order valence-electron chi connectivity index (χ2n) is 6.77. The first-order chi connectivity index (χ1) is 11.5. The number of anilines is 1. The second-order valence-corrected chi connectivity index (χ2v) is 7.15. The Morgan fingerprint density at radius 3 is 2.83 bits per heavy atom. The van der Waals surface area contributed by atoms with Crippen LogP contribution in [0.1, 0.15) is 26.7 Å². The molecule has 7 heteroatoms. The predicted molar refractivity (Wildman–Crippen MR) is 95.6 cm³/mol. The molecule has 2 aromatic rings. The highest BCUT2D eigenvalue weighted by atomic mass is 35.5. The number of amides is 1. The quantitative estimate of drug-likeness (QED) is 0.740. The summed E-state index contributed by atoms with van der Waals surface area (Å²) < 4.78 is 0. The number of piperidine rings is 1. The number of nitrogens with one attached hydrogen (secondary N) is 2. The molecule has 3 heterocycles. The minimum absolute atomic E-state index is 0.0503. The average molecular weight is 351 g/mol. The van der Waals surface area contributed by atoms with E-state index in [1.807, 2.05) is 0 Å². The number of aromatic nitrogens is 2. The lowest BCUT2D eigenvalue weighted by molar-refractivity contribution is -0.125. The third-order valence-corrected chi connectivity index (χ3v) is 4.66. The van der Waals surface area contributed by atoms with Gasteiger partial charge in [-0.05, 0) is 24.8 Å². The maximum atomic E-state index is 12.2. The number of pyridine rings is 1. The van der Waals surface area contributed by atoms with Gasteiger partial charge in [-0.1, -0.05) is 25.4 Å². The fraction of sp³-hybridized carbons (Fsp3) is 0.529. The van der Waals surface area contributed by atoms with Gasteiger partial charge in [0.05, 0.1) is 0 Å². The molecule has 130 valence electrons. The van der Waals surface area contributed by atoms with Gasteiger partial charge in [-0.15, -0.1) is 0 Å². The monoisotopic (exact) mass is 350 g/mol. The molecule has 0 atom stereocenters. The topological polar surface area (TPSA) is 81.2 Å². The Hall–Kier alpha value is -1.95. The van der Waals surface area contributed by atoms with Gasteiger partial charge in [-0.3, -0.25) is 4.79 Å². The molecule has 0 aliphatic carbocycles. The lowest BCUT2D eigenvalue weighted by Gasteiger charge is -2.32. The van der Waals surface area contributed by atoms with Crippen molar-refractivity contribution in [3.8, 4) is 5.88 Å². The fourth-order valence-electron chi connectivity index (χ4n) is 3.11. The van der Waals surface area contributed by atoms with Crippen molar-refractivity contribution in [3.63, 3.8) is 0 Å². The van der Waals surface area contributed by atoms with Crippen LogP contribution >= 0.6 is 11.6 Å². The third-order valence-electron chi connectivity index (χ3n) is 4.47.